The predicted molar refractivity (Wildman–Crippen MR) is 86.3 cm³/mol. The molecule has 0 saturated heterocycles. The van der Waals surface area contributed by atoms with Crippen LogP contribution in [-0.2, 0) is 17.8 Å². The van der Waals surface area contributed by atoms with Crippen molar-refractivity contribution in [1.29, 1.82) is 0 Å². The number of hydrogen-bond donors (Lipinski definition) is 0. The van der Waals surface area contributed by atoms with E-state index in [2.05, 4.69) is 10.1 Å². The van der Waals surface area contributed by atoms with Gasteiger partial charge in [0.1, 0.15) is 5.69 Å². The highest BCUT2D eigenvalue weighted by molar-refractivity contribution is 7.09. The number of carbonyl (C=O) groups is 1. The first-order chi connectivity index (χ1) is 11.2. The summed E-state index contributed by atoms with van der Waals surface area (Å²) >= 11 is 1.51. The van der Waals surface area contributed by atoms with E-state index in [9.17, 15) is 4.79 Å². The SMILES string of the molecule is Cc1nc(C(=O)N2Cc3ccnn3CC(OCC3CC3)C2)cs1. The fourth-order valence-electron chi connectivity index (χ4n) is 2.86. The second kappa shape index (κ2) is 6.05. The van der Waals surface area contributed by atoms with Gasteiger partial charge in [0, 0.05) is 24.7 Å². The number of rotatable bonds is 4. The van der Waals surface area contributed by atoms with Crippen LogP contribution in [0.3, 0.4) is 0 Å². The Morgan fingerprint density at radius 2 is 2.30 bits per heavy atom. The summed E-state index contributed by atoms with van der Waals surface area (Å²) in [6.07, 6.45) is 4.30. The Hall–Kier alpha value is -1.73. The quantitative estimate of drug-likeness (QED) is 0.860. The molecule has 1 atom stereocenters. The number of fused-ring (bicyclic) bond motifs is 1. The van der Waals surface area contributed by atoms with Gasteiger partial charge in [-0.2, -0.15) is 5.10 Å². The summed E-state index contributed by atoms with van der Waals surface area (Å²) in [5.41, 5.74) is 1.57. The summed E-state index contributed by atoms with van der Waals surface area (Å²) in [5, 5.41) is 7.11. The predicted octanol–water partition coefficient (Wildman–Crippen LogP) is 2.10. The zero-order chi connectivity index (χ0) is 15.8. The molecule has 0 N–H and O–H groups in total. The van der Waals surface area contributed by atoms with Crippen LogP contribution in [0, 0.1) is 12.8 Å². The molecule has 0 spiro atoms. The third kappa shape index (κ3) is 3.30. The molecule has 1 fully saturated rings. The molecule has 2 aromatic rings. The molecule has 1 unspecified atom stereocenters. The number of thiazole rings is 1. The Morgan fingerprint density at radius 1 is 1.43 bits per heavy atom. The molecule has 0 bridgehead atoms. The van der Waals surface area contributed by atoms with Gasteiger partial charge in [-0.15, -0.1) is 11.3 Å². The number of aryl methyl sites for hydroxylation is 1. The zero-order valence-corrected chi connectivity index (χ0v) is 14.0. The van der Waals surface area contributed by atoms with Crippen LogP contribution in [-0.4, -0.2) is 44.8 Å². The maximum Gasteiger partial charge on any atom is 0.273 e. The third-order valence-corrected chi connectivity index (χ3v) is 5.12. The van der Waals surface area contributed by atoms with Crippen LogP contribution < -0.4 is 0 Å². The Morgan fingerprint density at radius 3 is 3.04 bits per heavy atom. The van der Waals surface area contributed by atoms with Crippen molar-refractivity contribution in [1.82, 2.24) is 19.7 Å². The first-order valence-electron chi connectivity index (χ1n) is 8.03. The lowest BCUT2D eigenvalue weighted by Gasteiger charge is -2.23. The first-order valence-corrected chi connectivity index (χ1v) is 8.90. The lowest BCUT2D eigenvalue weighted by Crippen LogP contribution is -2.37. The highest BCUT2D eigenvalue weighted by atomic mass is 32.1. The molecule has 7 heteroatoms. The summed E-state index contributed by atoms with van der Waals surface area (Å²) in [7, 11) is 0. The van der Waals surface area contributed by atoms with E-state index in [0.717, 1.165) is 17.3 Å². The summed E-state index contributed by atoms with van der Waals surface area (Å²) < 4.78 is 8.02. The lowest BCUT2D eigenvalue weighted by atomic mass is 10.3. The minimum absolute atomic E-state index is 0.0135. The maximum atomic E-state index is 12.8. The number of ether oxygens (including phenoxy) is 1. The van der Waals surface area contributed by atoms with Crippen LogP contribution in [0.25, 0.3) is 0 Å². The van der Waals surface area contributed by atoms with Crippen molar-refractivity contribution in [2.75, 3.05) is 13.2 Å². The minimum atomic E-state index is -0.0241. The first kappa shape index (κ1) is 14.8. The van der Waals surface area contributed by atoms with Gasteiger partial charge in [-0.3, -0.25) is 9.48 Å². The maximum absolute atomic E-state index is 12.8. The van der Waals surface area contributed by atoms with E-state index in [1.807, 2.05) is 28.0 Å². The van der Waals surface area contributed by atoms with Crippen molar-refractivity contribution >= 4 is 17.2 Å². The smallest absolute Gasteiger partial charge is 0.273 e. The van der Waals surface area contributed by atoms with Gasteiger partial charge in [0.2, 0.25) is 0 Å². The summed E-state index contributed by atoms with van der Waals surface area (Å²) in [6, 6.07) is 1.97. The van der Waals surface area contributed by atoms with Crippen LogP contribution in [0.4, 0.5) is 0 Å². The van der Waals surface area contributed by atoms with Gasteiger partial charge in [-0.1, -0.05) is 0 Å². The minimum Gasteiger partial charge on any atom is -0.374 e. The molecule has 0 aromatic carbocycles. The largest absolute Gasteiger partial charge is 0.374 e. The third-order valence-electron chi connectivity index (χ3n) is 4.35. The van der Waals surface area contributed by atoms with Gasteiger partial charge in [0.25, 0.3) is 5.91 Å². The van der Waals surface area contributed by atoms with Crippen LogP contribution in [0.15, 0.2) is 17.6 Å². The van der Waals surface area contributed by atoms with Gasteiger partial charge in [-0.05, 0) is 31.7 Å². The van der Waals surface area contributed by atoms with Crippen LogP contribution in [0.1, 0.15) is 34.0 Å². The van der Waals surface area contributed by atoms with Crippen molar-refractivity contribution in [3.05, 3.63) is 34.0 Å². The van der Waals surface area contributed by atoms with Crippen LogP contribution >= 0.6 is 11.3 Å². The molecule has 1 aliphatic carbocycles. The second-order valence-corrected chi connectivity index (χ2v) is 7.40. The molecule has 1 saturated carbocycles. The number of carbonyl (C=O) groups excluding carboxylic acids is 1. The Kier molecular flexibility index (Phi) is 3.90. The Bertz CT molecular complexity index is 707. The lowest BCUT2D eigenvalue weighted by molar-refractivity contribution is 0.0135. The fourth-order valence-corrected chi connectivity index (χ4v) is 3.44. The van der Waals surface area contributed by atoms with Gasteiger partial charge < -0.3 is 9.64 Å². The van der Waals surface area contributed by atoms with E-state index in [0.29, 0.717) is 31.2 Å². The van der Waals surface area contributed by atoms with E-state index < -0.39 is 0 Å². The van der Waals surface area contributed by atoms with Gasteiger partial charge in [-0.25, -0.2) is 4.98 Å². The second-order valence-electron chi connectivity index (χ2n) is 6.34. The Labute approximate surface area is 139 Å². The Balaban J connectivity index is 1.53. The van der Waals surface area contributed by atoms with Crippen LogP contribution in [0.5, 0.6) is 0 Å². The molecule has 2 aliphatic rings. The normalized spacial score (nSPS) is 21.1. The number of aromatic nitrogens is 3. The van der Waals surface area contributed by atoms with Crippen molar-refractivity contribution in [2.24, 2.45) is 5.92 Å². The van der Waals surface area contributed by atoms with Crippen molar-refractivity contribution in [3.8, 4) is 0 Å². The van der Waals surface area contributed by atoms with Crippen molar-refractivity contribution in [2.45, 2.75) is 39.0 Å². The molecule has 4 rings (SSSR count). The molecular weight excluding hydrogens is 312 g/mol. The molecule has 1 amide bonds. The molecule has 0 radical (unpaired) electrons. The van der Waals surface area contributed by atoms with E-state index in [1.165, 1.54) is 24.2 Å². The highest BCUT2D eigenvalue weighted by Crippen LogP contribution is 2.29. The number of hydrogen-bond acceptors (Lipinski definition) is 5. The van der Waals surface area contributed by atoms with E-state index in [-0.39, 0.29) is 12.0 Å². The van der Waals surface area contributed by atoms with E-state index >= 15 is 0 Å². The monoisotopic (exact) mass is 332 g/mol. The summed E-state index contributed by atoms with van der Waals surface area (Å²) in [6.45, 7) is 4.55. The summed E-state index contributed by atoms with van der Waals surface area (Å²) in [5.74, 6) is 0.685. The number of nitrogens with zero attached hydrogens (tertiary/aromatic N) is 4. The van der Waals surface area contributed by atoms with Crippen molar-refractivity contribution < 1.29 is 9.53 Å². The van der Waals surface area contributed by atoms with Crippen molar-refractivity contribution in [3.63, 3.8) is 0 Å². The molecule has 23 heavy (non-hydrogen) atoms. The van der Waals surface area contributed by atoms with Gasteiger partial charge >= 0.3 is 0 Å². The average molecular weight is 332 g/mol. The molecule has 1 aliphatic heterocycles. The van der Waals surface area contributed by atoms with Crippen LogP contribution in [0.2, 0.25) is 0 Å². The fraction of sp³-hybridized carbons (Fsp3) is 0.562. The van der Waals surface area contributed by atoms with E-state index in [1.54, 1.807) is 6.20 Å². The molecule has 6 nitrogen and oxygen atoms in total. The average Bonchev–Trinajstić information content (AvgIpc) is 3.17. The highest BCUT2D eigenvalue weighted by Gasteiger charge is 2.29. The molecule has 3 heterocycles. The zero-order valence-electron chi connectivity index (χ0n) is 13.1. The topological polar surface area (TPSA) is 60.2 Å². The molecule has 2 aromatic heterocycles. The number of amides is 1. The molecule has 122 valence electrons. The standard InChI is InChI=1S/C16H20N4O2S/c1-11-18-15(10-23-11)16(21)19-6-13-4-5-17-20(13)8-14(7-19)22-9-12-2-3-12/h4-5,10,12,14H,2-3,6-9H2,1H3. The van der Waals surface area contributed by atoms with E-state index in [4.69, 9.17) is 4.74 Å². The van der Waals surface area contributed by atoms with Gasteiger partial charge in [0.15, 0.2) is 0 Å². The molecular formula is C16H20N4O2S. The summed E-state index contributed by atoms with van der Waals surface area (Å²) in [4.78, 5) is 19.0. The van der Waals surface area contributed by atoms with Gasteiger partial charge in [0.05, 0.1) is 29.9 Å².